The smallest absolute Gasteiger partial charge is 0.142 e. The number of hydrogen-bond acceptors (Lipinski definition) is 1. The zero-order valence-electron chi connectivity index (χ0n) is 8.97. The Morgan fingerprint density at radius 3 is 2.15 bits per heavy atom. The first kappa shape index (κ1) is 14.4. The molecule has 0 saturated carbocycles. The molecule has 0 aliphatic heterocycles. The van der Waals surface area contributed by atoms with Crippen molar-refractivity contribution < 1.29 is 4.79 Å². The Bertz CT molecular complexity index is 183. The minimum atomic E-state index is 0.845. The van der Waals surface area contributed by atoms with Crippen LogP contribution in [0.2, 0.25) is 0 Å². The highest BCUT2D eigenvalue weighted by Gasteiger charge is 1.86. The Morgan fingerprint density at radius 1 is 1.23 bits per heavy atom. The lowest BCUT2D eigenvalue weighted by Gasteiger charge is -1.94. The summed E-state index contributed by atoms with van der Waals surface area (Å²) in [5.41, 5.74) is 2.49. The third-order valence-electron chi connectivity index (χ3n) is 1.44. The molecule has 0 aromatic carbocycles. The Labute approximate surface area is 81.9 Å². The molecule has 0 aliphatic rings. The molecule has 0 aliphatic carbocycles. The third kappa shape index (κ3) is 13.8. The van der Waals surface area contributed by atoms with E-state index in [0.29, 0.717) is 0 Å². The van der Waals surface area contributed by atoms with Crippen LogP contribution in [0.25, 0.3) is 0 Å². The van der Waals surface area contributed by atoms with Gasteiger partial charge in [0.05, 0.1) is 0 Å². The zero-order valence-corrected chi connectivity index (χ0v) is 8.97. The van der Waals surface area contributed by atoms with Crippen LogP contribution in [0.5, 0.6) is 0 Å². The molecule has 0 aromatic heterocycles. The van der Waals surface area contributed by atoms with Crippen LogP contribution in [0.4, 0.5) is 0 Å². The van der Waals surface area contributed by atoms with Gasteiger partial charge in [0.25, 0.3) is 0 Å². The number of carbonyl (C=O) groups excluding carboxylic acids is 1. The first-order valence-corrected chi connectivity index (χ1v) is 4.41. The maximum absolute atomic E-state index is 10.0. The summed E-state index contributed by atoms with van der Waals surface area (Å²) in [7, 11) is 0. The summed E-state index contributed by atoms with van der Waals surface area (Å²) in [6.45, 7) is 12.1. The van der Waals surface area contributed by atoms with Gasteiger partial charge in [-0.05, 0) is 39.7 Å². The van der Waals surface area contributed by atoms with Crippen molar-refractivity contribution in [3.8, 4) is 0 Å². The van der Waals surface area contributed by atoms with E-state index >= 15 is 0 Å². The van der Waals surface area contributed by atoms with Gasteiger partial charge in [-0.1, -0.05) is 17.2 Å². The Balaban J connectivity index is 0. The van der Waals surface area contributed by atoms with E-state index in [2.05, 4.69) is 33.1 Å². The van der Waals surface area contributed by atoms with Crippen LogP contribution in [0.3, 0.4) is 0 Å². The van der Waals surface area contributed by atoms with E-state index in [1.165, 1.54) is 5.57 Å². The van der Waals surface area contributed by atoms with Crippen LogP contribution < -0.4 is 0 Å². The lowest BCUT2D eigenvalue weighted by atomic mass is 10.1. The molecule has 1 heteroatoms. The predicted octanol–water partition coefficient (Wildman–Crippen LogP) is 3.68. The summed E-state index contributed by atoms with van der Waals surface area (Å²) < 4.78 is 0. The predicted molar refractivity (Wildman–Crippen MR) is 59.7 cm³/mol. The molecule has 0 N–H and O–H groups in total. The molecule has 0 amide bonds. The Morgan fingerprint density at radius 2 is 1.77 bits per heavy atom. The quantitative estimate of drug-likeness (QED) is 0.366. The molecule has 74 valence electrons. The fourth-order valence-electron chi connectivity index (χ4n) is 0.788. The molecular weight excluding hydrogens is 160 g/mol. The van der Waals surface area contributed by atoms with E-state index in [0.717, 1.165) is 24.7 Å². The molecule has 0 aromatic rings. The summed E-state index contributed by atoms with van der Waals surface area (Å²) >= 11 is 0. The minimum Gasteiger partial charge on any atom is -0.299 e. The van der Waals surface area contributed by atoms with Gasteiger partial charge in [-0.25, -0.2) is 0 Å². The van der Waals surface area contributed by atoms with Gasteiger partial charge in [0, 0.05) is 0 Å². The molecule has 1 nitrogen and oxygen atoms in total. The monoisotopic (exact) mass is 180 g/mol. The van der Waals surface area contributed by atoms with Crippen LogP contribution in [0.15, 0.2) is 36.5 Å². The second kappa shape index (κ2) is 10.9. The van der Waals surface area contributed by atoms with Crippen LogP contribution in [-0.4, -0.2) is 6.29 Å². The highest BCUT2D eigenvalue weighted by molar-refractivity contribution is 5.65. The SMILES string of the molecule is C=C.CC(C)=CCC/C(C)=C/C=O. The molecule has 0 fully saturated rings. The lowest BCUT2D eigenvalue weighted by molar-refractivity contribution is -0.104. The fraction of sp³-hybridized carbons (Fsp3) is 0.417. The highest BCUT2D eigenvalue weighted by Crippen LogP contribution is 2.05. The van der Waals surface area contributed by atoms with Crippen molar-refractivity contribution in [2.75, 3.05) is 0 Å². The van der Waals surface area contributed by atoms with E-state index < -0.39 is 0 Å². The van der Waals surface area contributed by atoms with Gasteiger partial charge in [0.15, 0.2) is 0 Å². The largest absolute Gasteiger partial charge is 0.299 e. The Hall–Kier alpha value is -1.11. The van der Waals surface area contributed by atoms with Crippen LogP contribution in [-0.2, 0) is 4.79 Å². The molecule has 0 saturated heterocycles. The zero-order chi connectivity index (χ0) is 10.7. The molecule has 13 heavy (non-hydrogen) atoms. The van der Waals surface area contributed by atoms with Gasteiger partial charge >= 0.3 is 0 Å². The fourth-order valence-corrected chi connectivity index (χ4v) is 0.788. The third-order valence-corrected chi connectivity index (χ3v) is 1.44. The molecule has 0 radical (unpaired) electrons. The number of rotatable bonds is 4. The van der Waals surface area contributed by atoms with Crippen LogP contribution >= 0.6 is 0 Å². The van der Waals surface area contributed by atoms with Crippen molar-refractivity contribution in [3.05, 3.63) is 36.5 Å². The van der Waals surface area contributed by atoms with E-state index in [1.54, 1.807) is 6.08 Å². The average molecular weight is 180 g/mol. The molecule has 0 unspecified atom stereocenters. The molecular formula is C12H20O. The van der Waals surface area contributed by atoms with Gasteiger partial charge in [0.1, 0.15) is 6.29 Å². The highest BCUT2D eigenvalue weighted by atomic mass is 16.1. The number of aldehydes is 1. The topological polar surface area (TPSA) is 17.1 Å². The summed E-state index contributed by atoms with van der Waals surface area (Å²) in [5.74, 6) is 0. The van der Waals surface area contributed by atoms with Crippen molar-refractivity contribution in [1.82, 2.24) is 0 Å². The van der Waals surface area contributed by atoms with Gasteiger partial charge in [-0.2, -0.15) is 0 Å². The molecule has 0 atom stereocenters. The first-order chi connectivity index (χ1) is 6.16. The lowest BCUT2D eigenvalue weighted by Crippen LogP contribution is -1.77. The molecule has 0 heterocycles. The Kier molecular flexibility index (Phi) is 12.1. The van der Waals surface area contributed by atoms with Crippen molar-refractivity contribution in [2.24, 2.45) is 0 Å². The van der Waals surface area contributed by atoms with E-state index in [1.807, 2.05) is 6.92 Å². The number of allylic oxidation sites excluding steroid dienone is 4. The van der Waals surface area contributed by atoms with Gasteiger partial charge in [0.2, 0.25) is 0 Å². The molecule has 0 bridgehead atoms. The maximum atomic E-state index is 10.0. The van der Waals surface area contributed by atoms with Crippen molar-refractivity contribution >= 4 is 6.29 Å². The van der Waals surface area contributed by atoms with Gasteiger partial charge in [-0.15, -0.1) is 13.2 Å². The van der Waals surface area contributed by atoms with Crippen molar-refractivity contribution in [3.63, 3.8) is 0 Å². The molecule has 0 rings (SSSR count). The standard InChI is InChI=1S/C10H16O.C2H4/c1-9(2)5-4-6-10(3)7-8-11;1-2/h5,7-8H,4,6H2,1-3H3;1-2H2/b10-7+;. The van der Waals surface area contributed by atoms with E-state index in [4.69, 9.17) is 0 Å². The average Bonchev–Trinajstić information content (AvgIpc) is 2.08. The maximum Gasteiger partial charge on any atom is 0.142 e. The second-order valence-corrected chi connectivity index (χ2v) is 2.97. The van der Waals surface area contributed by atoms with Crippen molar-refractivity contribution in [1.29, 1.82) is 0 Å². The normalized spacial score (nSPS) is 9.62. The summed E-state index contributed by atoms with van der Waals surface area (Å²) in [6, 6.07) is 0. The van der Waals surface area contributed by atoms with Crippen LogP contribution in [0.1, 0.15) is 33.6 Å². The summed E-state index contributed by atoms with van der Waals surface area (Å²) in [4.78, 5) is 10.0. The minimum absolute atomic E-state index is 0.845. The van der Waals surface area contributed by atoms with Gasteiger partial charge < -0.3 is 0 Å². The van der Waals surface area contributed by atoms with E-state index in [9.17, 15) is 4.79 Å². The van der Waals surface area contributed by atoms with Crippen LogP contribution in [0, 0.1) is 0 Å². The number of carbonyl (C=O) groups is 1. The van der Waals surface area contributed by atoms with Crippen molar-refractivity contribution in [2.45, 2.75) is 33.6 Å². The first-order valence-electron chi connectivity index (χ1n) is 4.41. The number of hydrogen-bond donors (Lipinski definition) is 0. The summed E-state index contributed by atoms with van der Waals surface area (Å²) in [6.07, 6.45) is 6.68. The molecule has 0 spiro atoms. The second-order valence-electron chi connectivity index (χ2n) is 2.97. The summed E-state index contributed by atoms with van der Waals surface area (Å²) in [5, 5.41) is 0. The van der Waals surface area contributed by atoms with Gasteiger partial charge in [-0.3, -0.25) is 4.79 Å². The van der Waals surface area contributed by atoms with E-state index in [-0.39, 0.29) is 0 Å².